The monoisotopic (exact) mass is 153 g/mol. The average molecular weight is 153 g/mol. The van der Waals surface area contributed by atoms with Gasteiger partial charge in [0.2, 0.25) is 0 Å². The lowest BCUT2D eigenvalue weighted by Gasteiger charge is -2.27. The minimum absolute atomic E-state index is 0.253. The molecule has 0 aliphatic carbocycles. The van der Waals surface area contributed by atoms with E-state index in [1.807, 2.05) is 0 Å². The van der Waals surface area contributed by atoms with Gasteiger partial charge in [0.05, 0.1) is 6.07 Å². The smallest absolute Gasteiger partial charge is 0.0627 e. The van der Waals surface area contributed by atoms with E-state index < -0.39 is 0 Å². The Kier molecular flexibility index (Phi) is 4.18. The van der Waals surface area contributed by atoms with Crippen molar-refractivity contribution in [2.24, 2.45) is 11.3 Å². The molecule has 0 saturated carbocycles. The lowest BCUT2D eigenvalue weighted by Crippen LogP contribution is -2.16. The Balaban J connectivity index is 4.01. The zero-order valence-electron chi connectivity index (χ0n) is 8.15. The summed E-state index contributed by atoms with van der Waals surface area (Å²) in [5.41, 5.74) is 0.253. The molecule has 0 aromatic carbocycles. The van der Waals surface area contributed by atoms with Crippen LogP contribution in [-0.2, 0) is 0 Å². The summed E-state index contributed by atoms with van der Waals surface area (Å²) in [5, 5.41) is 8.60. The van der Waals surface area contributed by atoms with Crippen molar-refractivity contribution in [2.45, 2.75) is 47.0 Å². The van der Waals surface area contributed by atoms with Crippen LogP contribution in [0.5, 0.6) is 0 Å². The van der Waals surface area contributed by atoms with Crippen LogP contribution in [0.1, 0.15) is 47.0 Å². The summed E-state index contributed by atoms with van der Waals surface area (Å²) in [6.45, 7) is 8.80. The fourth-order valence-electron chi connectivity index (χ4n) is 1.52. The molecule has 0 heterocycles. The maximum absolute atomic E-state index is 8.60. The van der Waals surface area contributed by atoms with Gasteiger partial charge >= 0.3 is 0 Å². The highest BCUT2D eigenvalue weighted by Crippen LogP contribution is 2.32. The van der Waals surface area contributed by atoms with Crippen LogP contribution < -0.4 is 0 Å². The van der Waals surface area contributed by atoms with Crippen molar-refractivity contribution in [2.75, 3.05) is 0 Å². The molecule has 0 aromatic heterocycles. The molecule has 0 aromatic rings. The van der Waals surface area contributed by atoms with Gasteiger partial charge in [0.15, 0.2) is 0 Å². The van der Waals surface area contributed by atoms with Crippen molar-refractivity contribution in [3.05, 3.63) is 0 Å². The van der Waals surface area contributed by atoms with Crippen LogP contribution in [0.2, 0.25) is 0 Å². The SMILES string of the molecule is CCC(C)(CC#N)CC(C)C. The highest BCUT2D eigenvalue weighted by molar-refractivity contribution is 4.85. The molecular formula is C10H19N. The zero-order valence-corrected chi connectivity index (χ0v) is 8.15. The molecule has 0 fully saturated rings. The second-order valence-electron chi connectivity index (χ2n) is 4.10. The third-order valence-electron chi connectivity index (χ3n) is 2.26. The molecule has 0 aliphatic heterocycles. The van der Waals surface area contributed by atoms with Crippen LogP contribution in [0.15, 0.2) is 0 Å². The van der Waals surface area contributed by atoms with E-state index in [1.54, 1.807) is 0 Å². The Morgan fingerprint density at radius 1 is 1.45 bits per heavy atom. The molecule has 0 N–H and O–H groups in total. The largest absolute Gasteiger partial charge is 0.198 e. The van der Waals surface area contributed by atoms with Crippen LogP contribution in [-0.4, -0.2) is 0 Å². The van der Waals surface area contributed by atoms with Gasteiger partial charge in [-0.1, -0.05) is 27.7 Å². The van der Waals surface area contributed by atoms with E-state index in [-0.39, 0.29) is 5.41 Å². The highest BCUT2D eigenvalue weighted by Gasteiger charge is 2.22. The third-order valence-corrected chi connectivity index (χ3v) is 2.26. The first kappa shape index (κ1) is 10.5. The minimum Gasteiger partial charge on any atom is -0.198 e. The second-order valence-corrected chi connectivity index (χ2v) is 4.10. The van der Waals surface area contributed by atoms with Crippen LogP contribution in [0.25, 0.3) is 0 Å². The molecule has 1 nitrogen and oxygen atoms in total. The number of nitrogens with zero attached hydrogens (tertiary/aromatic N) is 1. The molecular weight excluding hydrogens is 134 g/mol. The van der Waals surface area contributed by atoms with Gasteiger partial charge in [-0.25, -0.2) is 0 Å². The number of rotatable bonds is 4. The molecule has 1 heteroatoms. The second kappa shape index (κ2) is 4.38. The zero-order chi connectivity index (χ0) is 8.91. The number of hydrogen-bond acceptors (Lipinski definition) is 1. The summed E-state index contributed by atoms with van der Waals surface area (Å²) in [6, 6.07) is 2.26. The van der Waals surface area contributed by atoms with E-state index in [0.29, 0.717) is 12.3 Å². The summed E-state index contributed by atoms with van der Waals surface area (Å²) in [6.07, 6.45) is 2.97. The Hall–Kier alpha value is -0.510. The maximum atomic E-state index is 8.60. The standard InChI is InChI=1S/C10H19N/c1-5-10(4,6-7-11)8-9(2)3/h9H,5-6,8H2,1-4H3. The predicted octanol–water partition coefficient (Wildman–Crippen LogP) is 3.36. The van der Waals surface area contributed by atoms with Gasteiger partial charge in [0.1, 0.15) is 0 Å². The van der Waals surface area contributed by atoms with Crippen molar-refractivity contribution >= 4 is 0 Å². The van der Waals surface area contributed by atoms with E-state index in [4.69, 9.17) is 5.26 Å². The lowest BCUT2D eigenvalue weighted by molar-refractivity contribution is 0.252. The lowest BCUT2D eigenvalue weighted by atomic mass is 9.77. The molecule has 0 amide bonds. The Morgan fingerprint density at radius 3 is 2.27 bits per heavy atom. The Morgan fingerprint density at radius 2 is 2.00 bits per heavy atom. The first-order valence-electron chi connectivity index (χ1n) is 4.41. The summed E-state index contributed by atoms with van der Waals surface area (Å²) >= 11 is 0. The molecule has 11 heavy (non-hydrogen) atoms. The van der Waals surface area contributed by atoms with Crippen molar-refractivity contribution < 1.29 is 0 Å². The van der Waals surface area contributed by atoms with E-state index >= 15 is 0 Å². The van der Waals surface area contributed by atoms with Crippen LogP contribution in [0.3, 0.4) is 0 Å². The Labute approximate surface area is 70.4 Å². The molecule has 0 radical (unpaired) electrons. The predicted molar refractivity (Wildman–Crippen MR) is 48.1 cm³/mol. The molecule has 1 atom stereocenters. The first-order valence-corrected chi connectivity index (χ1v) is 4.41. The molecule has 0 spiro atoms. The molecule has 0 aliphatic rings. The van der Waals surface area contributed by atoms with Crippen molar-refractivity contribution in [3.63, 3.8) is 0 Å². The normalized spacial score (nSPS) is 16.0. The van der Waals surface area contributed by atoms with Crippen molar-refractivity contribution in [1.82, 2.24) is 0 Å². The van der Waals surface area contributed by atoms with E-state index in [1.165, 1.54) is 0 Å². The van der Waals surface area contributed by atoms with Crippen molar-refractivity contribution in [1.29, 1.82) is 5.26 Å². The average Bonchev–Trinajstić information content (AvgIpc) is 1.87. The maximum Gasteiger partial charge on any atom is 0.0627 e. The number of nitriles is 1. The number of hydrogen-bond donors (Lipinski definition) is 0. The van der Waals surface area contributed by atoms with Gasteiger partial charge in [-0.05, 0) is 24.2 Å². The molecule has 0 saturated heterocycles. The summed E-state index contributed by atoms with van der Waals surface area (Å²) < 4.78 is 0. The van der Waals surface area contributed by atoms with Gasteiger partial charge < -0.3 is 0 Å². The topological polar surface area (TPSA) is 23.8 Å². The van der Waals surface area contributed by atoms with Crippen LogP contribution in [0.4, 0.5) is 0 Å². The first-order chi connectivity index (χ1) is 5.04. The van der Waals surface area contributed by atoms with Gasteiger partial charge in [-0.3, -0.25) is 0 Å². The highest BCUT2D eigenvalue weighted by atomic mass is 14.3. The van der Waals surface area contributed by atoms with E-state index in [2.05, 4.69) is 33.8 Å². The molecule has 1 unspecified atom stereocenters. The minimum atomic E-state index is 0.253. The van der Waals surface area contributed by atoms with Gasteiger partial charge in [0, 0.05) is 6.42 Å². The fourth-order valence-corrected chi connectivity index (χ4v) is 1.52. The van der Waals surface area contributed by atoms with E-state index in [9.17, 15) is 0 Å². The van der Waals surface area contributed by atoms with Gasteiger partial charge in [-0.15, -0.1) is 0 Å². The summed E-state index contributed by atoms with van der Waals surface area (Å²) in [7, 11) is 0. The summed E-state index contributed by atoms with van der Waals surface area (Å²) in [5.74, 6) is 0.702. The van der Waals surface area contributed by atoms with Crippen molar-refractivity contribution in [3.8, 4) is 6.07 Å². The summed E-state index contributed by atoms with van der Waals surface area (Å²) in [4.78, 5) is 0. The molecule has 0 bridgehead atoms. The van der Waals surface area contributed by atoms with Crippen LogP contribution >= 0.6 is 0 Å². The fraction of sp³-hybridized carbons (Fsp3) is 0.900. The van der Waals surface area contributed by atoms with Gasteiger partial charge in [0.25, 0.3) is 0 Å². The van der Waals surface area contributed by atoms with E-state index in [0.717, 1.165) is 12.8 Å². The molecule has 0 rings (SSSR count). The van der Waals surface area contributed by atoms with Crippen LogP contribution in [0, 0.1) is 22.7 Å². The third kappa shape index (κ3) is 4.03. The Bertz CT molecular complexity index is 143. The molecule has 64 valence electrons. The quantitative estimate of drug-likeness (QED) is 0.607. The van der Waals surface area contributed by atoms with Gasteiger partial charge in [-0.2, -0.15) is 5.26 Å².